The number of aromatic nitrogens is 5. The number of fused-ring (bicyclic) bond motifs is 1. The standard InChI is InChI=1S/C22H22N6O2/c29-21(15-30-18-6-2-1-3-7-18)27-13-5-4-8-20(27)22-24-26-28(25-22)17-9-10-19-16(14-17)11-12-23-19/h1-3,6-7,9-12,14,20,23H,4-5,8,13,15H2/t20-/m1/s1. The summed E-state index contributed by atoms with van der Waals surface area (Å²) in [5.74, 6) is 1.19. The fraction of sp³-hybridized carbons (Fsp3) is 0.273. The Morgan fingerprint density at radius 3 is 2.93 bits per heavy atom. The molecule has 8 nitrogen and oxygen atoms in total. The van der Waals surface area contributed by atoms with Gasteiger partial charge < -0.3 is 14.6 Å². The molecule has 1 saturated heterocycles. The number of hydrogen-bond acceptors (Lipinski definition) is 5. The molecule has 0 spiro atoms. The Kier molecular flexibility index (Phi) is 4.88. The van der Waals surface area contributed by atoms with Crippen LogP contribution in [0.5, 0.6) is 5.75 Å². The number of rotatable bonds is 5. The van der Waals surface area contributed by atoms with Gasteiger partial charge in [-0.1, -0.05) is 18.2 Å². The Labute approximate surface area is 173 Å². The average Bonchev–Trinajstić information content (AvgIpc) is 3.47. The molecule has 2 aromatic carbocycles. The first-order valence-corrected chi connectivity index (χ1v) is 10.1. The quantitative estimate of drug-likeness (QED) is 0.553. The van der Waals surface area contributed by atoms with Crippen LogP contribution in [0.25, 0.3) is 16.6 Å². The Bertz CT molecular complexity index is 1150. The summed E-state index contributed by atoms with van der Waals surface area (Å²) >= 11 is 0. The van der Waals surface area contributed by atoms with Crippen LogP contribution in [0.15, 0.2) is 60.8 Å². The van der Waals surface area contributed by atoms with Crippen LogP contribution in [-0.4, -0.2) is 49.1 Å². The number of hydrogen-bond donors (Lipinski definition) is 1. The molecule has 0 saturated carbocycles. The van der Waals surface area contributed by atoms with E-state index in [0.29, 0.717) is 18.1 Å². The van der Waals surface area contributed by atoms with Crippen molar-refractivity contribution in [1.29, 1.82) is 0 Å². The molecule has 1 aliphatic heterocycles. The minimum Gasteiger partial charge on any atom is -0.484 e. The smallest absolute Gasteiger partial charge is 0.261 e. The van der Waals surface area contributed by atoms with Crippen LogP contribution in [0.3, 0.4) is 0 Å². The topological polar surface area (TPSA) is 88.9 Å². The largest absolute Gasteiger partial charge is 0.484 e. The average molecular weight is 402 g/mol. The maximum Gasteiger partial charge on any atom is 0.261 e. The number of benzene rings is 2. The summed E-state index contributed by atoms with van der Waals surface area (Å²) < 4.78 is 5.66. The lowest BCUT2D eigenvalue weighted by Gasteiger charge is -2.33. The fourth-order valence-electron chi connectivity index (χ4n) is 3.88. The first-order chi connectivity index (χ1) is 14.8. The van der Waals surface area contributed by atoms with E-state index < -0.39 is 0 Å². The zero-order valence-corrected chi connectivity index (χ0v) is 16.4. The molecular formula is C22H22N6O2. The lowest BCUT2D eigenvalue weighted by Crippen LogP contribution is -2.41. The van der Waals surface area contributed by atoms with Gasteiger partial charge in [-0.2, -0.15) is 0 Å². The second kappa shape index (κ2) is 7.98. The molecule has 4 aromatic rings. The van der Waals surface area contributed by atoms with E-state index in [4.69, 9.17) is 4.74 Å². The lowest BCUT2D eigenvalue weighted by molar-refractivity contribution is -0.137. The van der Waals surface area contributed by atoms with Gasteiger partial charge >= 0.3 is 0 Å². The molecule has 5 rings (SSSR count). The number of nitrogens with zero attached hydrogens (tertiary/aromatic N) is 5. The van der Waals surface area contributed by atoms with E-state index >= 15 is 0 Å². The number of H-pyrrole nitrogens is 1. The van der Waals surface area contributed by atoms with E-state index in [1.807, 2.05) is 65.7 Å². The Morgan fingerprint density at radius 2 is 2.03 bits per heavy atom. The summed E-state index contributed by atoms with van der Waals surface area (Å²) in [5, 5.41) is 14.2. The number of tetrazole rings is 1. The van der Waals surface area contributed by atoms with Gasteiger partial charge in [0, 0.05) is 23.6 Å². The molecule has 1 atom stereocenters. The van der Waals surface area contributed by atoms with Crippen LogP contribution in [-0.2, 0) is 4.79 Å². The second-order valence-electron chi connectivity index (χ2n) is 7.39. The van der Waals surface area contributed by atoms with Crippen LogP contribution in [0, 0.1) is 0 Å². The van der Waals surface area contributed by atoms with Crippen molar-refractivity contribution in [2.45, 2.75) is 25.3 Å². The second-order valence-corrected chi connectivity index (χ2v) is 7.39. The van der Waals surface area contributed by atoms with Crippen LogP contribution >= 0.6 is 0 Å². The first-order valence-electron chi connectivity index (χ1n) is 10.1. The predicted molar refractivity (Wildman–Crippen MR) is 111 cm³/mol. The first kappa shape index (κ1) is 18.4. The van der Waals surface area contributed by atoms with Gasteiger partial charge in [0.05, 0.1) is 11.7 Å². The number of nitrogens with one attached hydrogen (secondary N) is 1. The number of likely N-dealkylation sites (tertiary alicyclic amines) is 1. The van der Waals surface area contributed by atoms with Crippen molar-refractivity contribution >= 4 is 16.8 Å². The van der Waals surface area contributed by atoms with Crippen LogP contribution in [0.2, 0.25) is 0 Å². The molecule has 8 heteroatoms. The minimum atomic E-state index is -0.185. The summed E-state index contributed by atoms with van der Waals surface area (Å²) in [6.45, 7) is 0.671. The Morgan fingerprint density at radius 1 is 1.13 bits per heavy atom. The van der Waals surface area contributed by atoms with Gasteiger partial charge in [-0.3, -0.25) is 4.79 Å². The highest BCUT2D eigenvalue weighted by atomic mass is 16.5. The SMILES string of the molecule is O=C(COc1ccccc1)N1CCCC[C@@H]1c1nnn(-c2ccc3[nH]ccc3c2)n1. The third-order valence-corrected chi connectivity index (χ3v) is 5.42. The number of ether oxygens (including phenoxy) is 1. The van der Waals surface area contributed by atoms with E-state index in [9.17, 15) is 4.79 Å². The Hall–Kier alpha value is -3.68. The molecule has 1 N–H and O–H groups in total. The molecule has 1 amide bonds. The highest BCUT2D eigenvalue weighted by molar-refractivity contribution is 5.81. The minimum absolute atomic E-state index is 0.00118. The molecule has 1 aliphatic rings. The zero-order chi connectivity index (χ0) is 20.3. The molecule has 0 aliphatic carbocycles. The van der Waals surface area contributed by atoms with Gasteiger partial charge in [0.2, 0.25) is 0 Å². The van der Waals surface area contributed by atoms with Crippen LogP contribution in [0.4, 0.5) is 0 Å². The van der Waals surface area contributed by atoms with Crippen LogP contribution < -0.4 is 4.74 Å². The van der Waals surface area contributed by atoms with Gasteiger partial charge in [0.15, 0.2) is 12.4 Å². The molecule has 0 bridgehead atoms. The highest BCUT2D eigenvalue weighted by Gasteiger charge is 2.31. The number of aromatic amines is 1. The molecular weight excluding hydrogens is 380 g/mol. The lowest BCUT2D eigenvalue weighted by atomic mass is 10.0. The molecule has 0 radical (unpaired) electrons. The molecule has 2 aromatic heterocycles. The van der Waals surface area contributed by atoms with E-state index in [-0.39, 0.29) is 18.6 Å². The normalized spacial score (nSPS) is 16.7. The molecule has 1 fully saturated rings. The number of piperidine rings is 1. The van der Waals surface area contributed by atoms with Crippen molar-refractivity contribution in [2.24, 2.45) is 0 Å². The summed E-state index contributed by atoms with van der Waals surface area (Å²) in [4.78, 5) is 19.4. The maximum atomic E-state index is 12.9. The third-order valence-electron chi connectivity index (χ3n) is 5.42. The number of carbonyl (C=O) groups excluding carboxylic acids is 1. The van der Waals surface area contributed by atoms with Crippen LogP contribution in [0.1, 0.15) is 31.1 Å². The number of para-hydroxylation sites is 1. The van der Waals surface area contributed by atoms with Gasteiger partial charge in [0.25, 0.3) is 5.91 Å². The van der Waals surface area contributed by atoms with Gasteiger partial charge in [-0.05, 0) is 60.9 Å². The van der Waals surface area contributed by atoms with E-state index in [2.05, 4.69) is 20.4 Å². The van der Waals surface area contributed by atoms with Crippen molar-refractivity contribution < 1.29 is 9.53 Å². The summed E-state index contributed by atoms with van der Waals surface area (Å²) in [7, 11) is 0. The van der Waals surface area contributed by atoms with Crippen molar-refractivity contribution in [2.75, 3.05) is 13.2 Å². The maximum absolute atomic E-state index is 12.9. The summed E-state index contributed by atoms with van der Waals surface area (Å²) in [6.07, 6.45) is 4.71. The summed E-state index contributed by atoms with van der Waals surface area (Å²) in [5.41, 5.74) is 1.89. The summed E-state index contributed by atoms with van der Waals surface area (Å²) in [6, 6.07) is 17.1. The Balaban J connectivity index is 1.33. The van der Waals surface area contributed by atoms with Gasteiger partial charge in [0.1, 0.15) is 5.75 Å². The monoisotopic (exact) mass is 402 g/mol. The third kappa shape index (κ3) is 3.63. The number of carbonyl (C=O) groups is 1. The number of amides is 1. The van der Waals surface area contributed by atoms with Gasteiger partial charge in [-0.25, -0.2) is 0 Å². The van der Waals surface area contributed by atoms with E-state index in [1.54, 1.807) is 0 Å². The molecule has 152 valence electrons. The van der Waals surface area contributed by atoms with E-state index in [1.165, 1.54) is 4.80 Å². The fourth-order valence-corrected chi connectivity index (χ4v) is 3.88. The zero-order valence-electron chi connectivity index (χ0n) is 16.4. The van der Waals surface area contributed by atoms with Crippen molar-refractivity contribution in [3.8, 4) is 11.4 Å². The van der Waals surface area contributed by atoms with Crippen molar-refractivity contribution in [1.82, 2.24) is 30.1 Å². The highest BCUT2D eigenvalue weighted by Crippen LogP contribution is 2.29. The molecule has 3 heterocycles. The van der Waals surface area contributed by atoms with Gasteiger partial charge in [-0.15, -0.1) is 15.0 Å². The molecule has 0 unspecified atom stereocenters. The van der Waals surface area contributed by atoms with Crippen molar-refractivity contribution in [3.63, 3.8) is 0 Å². The predicted octanol–water partition coefficient (Wildman–Crippen LogP) is 3.28. The van der Waals surface area contributed by atoms with Crippen molar-refractivity contribution in [3.05, 3.63) is 66.6 Å². The molecule has 30 heavy (non-hydrogen) atoms. The van der Waals surface area contributed by atoms with E-state index in [0.717, 1.165) is 35.9 Å².